The number of amides is 1. The lowest BCUT2D eigenvalue weighted by atomic mass is 10.3. The minimum absolute atomic E-state index is 0.138. The van der Waals surface area contributed by atoms with Crippen molar-refractivity contribution < 1.29 is 23.8 Å². The van der Waals surface area contributed by atoms with Crippen LogP contribution >= 0.6 is 0 Å². The summed E-state index contributed by atoms with van der Waals surface area (Å²) in [6, 6.07) is 2.59. The first-order valence-corrected chi connectivity index (χ1v) is 5.45. The highest BCUT2D eigenvalue weighted by Crippen LogP contribution is 2.21. The van der Waals surface area contributed by atoms with Gasteiger partial charge in [-0.15, -0.1) is 0 Å². The van der Waals surface area contributed by atoms with Crippen LogP contribution in [0.15, 0.2) is 12.1 Å². The first-order chi connectivity index (χ1) is 8.60. The van der Waals surface area contributed by atoms with Crippen LogP contribution in [0.25, 0.3) is 0 Å². The molecule has 1 aliphatic rings. The van der Waals surface area contributed by atoms with E-state index in [9.17, 15) is 9.18 Å². The zero-order valence-corrected chi connectivity index (χ0v) is 9.80. The zero-order valence-electron chi connectivity index (χ0n) is 9.80. The van der Waals surface area contributed by atoms with E-state index in [2.05, 4.69) is 4.98 Å². The van der Waals surface area contributed by atoms with Gasteiger partial charge in [-0.05, 0) is 6.07 Å². The van der Waals surface area contributed by atoms with E-state index in [4.69, 9.17) is 14.6 Å². The summed E-state index contributed by atoms with van der Waals surface area (Å²) in [6.07, 6.45) is -0.636. The van der Waals surface area contributed by atoms with Crippen molar-refractivity contribution in [3.05, 3.63) is 17.9 Å². The van der Waals surface area contributed by atoms with Crippen LogP contribution in [0.2, 0.25) is 0 Å². The van der Waals surface area contributed by atoms with Gasteiger partial charge in [-0.2, -0.15) is 4.98 Å². The molecule has 0 spiro atoms. The van der Waals surface area contributed by atoms with Crippen LogP contribution in [0.1, 0.15) is 6.42 Å². The molecular weight excluding hydrogens is 243 g/mol. The second-order valence-electron chi connectivity index (χ2n) is 3.90. The van der Waals surface area contributed by atoms with Crippen LogP contribution in [-0.2, 0) is 0 Å². The Morgan fingerprint density at radius 2 is 2.39 bits per heavy atom. The van der Waals surface area contributed by atoms with Crippen LogP contribution in [0.5, 0.6) is 11.8 Å². The van der Waals surface area contributed by atoms with Crippen molar-refractivity contribution in [3.63, 3.8) is 0 Å². The van der Waals surface area contributed by atoms with Crippen molar-refractivity contribution in [3.8, 4) is 11.8 Å². The van der Waals surface area contributed by atoms with Crippen LogP contribution in [-0.4, -0.2) is 47.4 Å². The highest BCUT2D eigenvalue weighted by Gasteiger charge is 2.27. The van der Waals surface area contributed by atoms with E-state index in [1.165, 1.54) is 24.1 Å². The van der Waals surface area contributed by atoms with E-state index in [0.717, 1.165) is 0 Å². The van der Waals surface area contributed by atoms with Crippen molar-refractivity contribution in [2.75, 3.05) is 20.2 Å². The molecule has 0 unspecified atom stereocenters. The molecule has 1 amide bonds. The number of carboxylic acid groups (broad SMARTS) is 1. The quantitative estimate of drug-likeness (QED) is 0.884. The molecule has 0 radical (unpaired) electrons. The molecule has 1 saturated heterocycles. The monoisotopic (exact) mass is 256 g/mol. The Balaban J connectivity index is 2.00. The molecule has 0 aliphatic carbocycles. The van der Waals surface area contributed by atoms with Crippen LogP contribution in [0.4, 0.5) is 9.18 Å². The minimum Gasteiger partial charge on any atom is -0.479 e. The van der Waals surface area contributed by atoms with Crippen molar-refractivity contribution in [1.29, 1.82) is 0 Å². The van der Waals surface area contributed by atoms with Crippen molar-refractivity contribution in [2.24, 2.45) is 0 Å². The SMILES string of the molecule is COc1nc(O[C@H]2CCN(C(=O)O)C2)ccc1F. The number of nitrogens with zero attached hydrogens (tertiary/aromatic N) is 2. The maximum absolute atomic E-state index is 13.1. The summed E-state index contributed by atoms with van der Waals surface area (Å²) in [5, 5.41) is 8.80. The van der Waals surface area contributed by atoms with E-state index >= 15 is 0 Å². The van der Waals surface area contributed by atoms with Gasteiger partial charge >= 0.3 is 6.09 Å². The largest absolute Gasteiger partial charge is 0.479 e. The number of hydrogen-bond acceptors (Lipinski definition) is 4. The number of halogens is 1. The number of likely N-dealkylation sites (tertiary alicyclic amines) is 1. The Kier molecular flexibility index (Phi) is 3.50. The summed E-state index contributed by atoms with van der Waals surface area (Å²) in [5.74, 6) is -0.477. The molecule has 2 rings (SSSR count). The molecule has 6 nitrogen and oxygen atoms in total. The Bertz CT molecular complexity index is 455. The third-order valence-corrected chi connectivity index (χ3v) is 2.68. The van der Waals surface area contributed by atoms with Crippen LogP contribution in [0, 0.1) is 5.82 Å². The first-order valence-electron chi connectivity index (χ1n) is 5.45. The van der Waals surface area contributed by atoms with E-state index in [1.54, 1.807) is 0 Å². The van der Waals surface area contributed by atoms with Crippen molar-refractivity contribution >= 4 is 6.09 Å². The topological polar surface area (TPSA) is 71.9 Å². The fourth-order valence-electron chi connectivity index (χ4n) is 1.78. The zero-order chi connectivity index (χ0) is 13.1. The fraction of sp³-hybridized carbons (Fsp3) is 0.455. The summed E-state index contributed by atoms with van der Waals surface area (Å²) in [7, 11) is 1.32. The lowest BCUT2D eigenvalue weighted by molar-refractivity contribution is 0.144. The van der Waals surface area contributed by atoms with Gasteiger partial charge in [-0.1, -0.05) is 0 Å². The molecule has 1 aliphatic heterocycles. The summed E-state index contributed by atoms with van der Waals surface area (Å²) in [5.41, 5.74) is 0. The second-order valence-corrected chi connectivity index (χ2v) is 3.90. The van der Waals surface area contributed by atoms with Gasteiger partial charge in [0, 0.05) is 19.0 Å². The molecule has 1 aromatic rings. The van der Waals surface area contributed by atoms with Gasteiger partial charge in [-0.3, -0.25) is 0 Å². The van der Waals surface area contributed by atoms with E-state index in [-0.39, 0.29) is 24.4 Å². The molecule has 2 heterocycles. The van der Waals surface area contributed by atoms with E-state index < -0.39 is 11.9 Å². The lowest BCUT2D eigenvalue weighted by Crippen LogP contribution is -2.29. The molecule has 1 N–H and O–H groups in total. The number of methoxy groups -OCH3 is 1. The Morgan fingerprint density at radius 3 is 3.00 bits per heavy atom. The fourth-order valence-corrected chi connectivity index (χ4v) is 1.78. The number of ether oxygens (including phenoxy) is 2. The third kappa shape index (κ3) is 2.61. The maximum atomic E-state index is 13.1. The van der Waals surface area contributed by atoms with Gasteiger partial charge < -0.3 is 19.5 Å². The molecule has 0 bridgehead atoms. The van der Waals surface area contributed by atoms with Gasteiger partial charge in [0.1, 0.15) is 6.10 Å². The molecule has 1 fully saturated rings. The van der Waals surface area contributed by atoms with E-state index in [0.29, 0.717) is 13.0 Å². The number of pyridine rings is 1. The number of rotatable bonds is 3. The Hall–Kier alpha value is -2.05. The van der Waals surface area contributed by atoms with Gasteiger partial charge in [0.15, 0.2) is 5.82 Å². The summed E-state index contributed by atoms with van der Waals surface area (Å²) in [4.78, 5) is 15.8. The van der Waals surface area contributed by atoms with Gasteiger partial charge in [0.05, 0.1) is 13.7 Å². The highest BCUT2D eigenvalue weighted by atomic mass is 19.1. The van der Waals surface area contributed by atoms with E-state index in [1.807, 2.05) is 0 Å². The third-order valence-electron chi connectivity index (χ3n) is 2.68. The van der Waals surface area contributed by atoms with Crippen LogP contribution in [0.3, 0.4) is 0 Å². The normalized spacial score (nSPS) is 18.8. The Labute approximate surface area is 103 Å². The first kappa shape index (κ1) is 12.4. The molecular formula is C11H13FN2O4. The molecule has 7 heteroatoms. The van der Waals surface area contributed by atoms with Crippen molar-refractivity contribution in [1.82, 2.24) is 9.88 Å². The molecule has 18 heavy (non-hydrogen) atoms. The smallest absolute Gasteiger partial charge is 0.407 e. The molecule has 98 valence electrons. The number of hydrogen-bond donors (Lipinski definition) is 1. The standard InChI is InChI=1S/C11H13FN2O4/c1-17-10-8(12)2-3-9(13-10)18-7-4-5-14(6-7)11(15)16/h2-3,7H,4-6H2,1H3,(H,15,16)/t7-/m0/s1. The second kappa shape index (κ2) is 5.07. The summed E-state index contributed by atoms with van der Waals surface area (Å²) < 4.78 is 23.4. The van der Waals surface area contributed by atoms with Gasteiger partial charge in [0.25, 0.3) is 5.88 Å². The number of carbonyl (C=O) groups is 1. The van der Waals surface area contributed by atoms with Crippen molar-refractivity contribution in [2.45, 2.75) is 12.5 Å². The average Bonchev–Trinajstić information content (AvgIpc) is 2.80. The predicted molar refractivity (Wildman–Crippen MR) is 59.4 cm³/mol. The molecule has 0 aromatic carbocycles. The van der Waals surface area contributed by atoms with Gasteiger partial charge in [0.2, 0.25) is 5.88 Å². The average molecular weight is 256 g/mol. The molecule has 1 aromatic heterocycles. The van der Waals surface area contributed by atoms with Crippen LogP contribution < -0.4 is 9.47 Å². The van der Waals surface area contributed by atoms with Gasteiger partial charge in [-0.25, -0.2) is 9.18 Å². The molecule has 1 atom stereocenters. The lowest BCUT2D eigenvalue weighted by Gasteiger charge is -2.14. The summed E-state index contributed by atoms with van der Waals surface area (Å²) >= 11 is 0. The molecule has 0 saturated carbocycles. The maximum Gasteiger partial charge on any atom is 0.407 e. The highest BCUT2D eigenvalue weighted by molar-refractivity contribution is 5.65. The summed E-state index contributed by atoms with van der Waals surface area (Å²) in [6.45, 7) is 0.717. The minimum atomic E-state index is -0.967. The number of aromatic nitrogens is 1. The predicted octanol–water partition coefficient (Wildman–Crippen LogP) is 1.36. The Morgan fingerprint density at radius 1 is 1.61 bits per heavy atom.